The van der Waals surface area contributed by atoms with Gasteiger partial charge in [-0.3, -0.25) is 4.79 Å². The van der Waals surface area contributed by atoms with E-state index in [9.17, 15) is 4.79 Å². The SMILES string of the molecule is O=C(NCCCO)C(c1ccccc1)c1ccccc1. The van der Waals surface area contributed by atoms with Gasteiger partial charge in [0.2, 0.25) is 5.91 Å². The van der Waals surface area contributed by atoms with Crippen LogP contribution >= 0.6 is 0 Å². The van der Waals surface area contributed by atoms with Crippen LogP contribution in [0.5, 0.6) is 0 Å². The third kappa shape index (κ3) is 3.68. The second kappa shape index (κ2) is 7.46. The minimum Gasteiger partial charge on any atom is -0.396 e. The Morgan fingerprint density at radius 2 is 1.45 bits per heavy atom. The second-order valence-electron chi connectivity index (χ2n) is 4.62. The van der Waals surface area contributed by atoms with Crippen LogP contribution in [0.15, 0.2) is 60.7 Å². The molecule has 0 aliphatic heterocycles. The van der Waals surface area contributed by atoms with Crippen molar-refractivity contribution < 1.29 is 9.90 Å². The molecule has 0 heterocycles. The third-order valence-corrected chi connectivity index (χ3v) is 3.16. The summed E-state index contributed by atoms with van der Waals surface area (Å²) >= 11 is 0. The van der Waals surface area contributed by atoms with Crippen molar-refractivity contribution in [3.63, 3.8) is 0 Å². The second-order valence-corrected chi connectivity index (χ2v) is 4.62. The number of amides is 1. The molecule has 0 saturated heterocycles. The van der Waals surface area contributed by atoms with E-state index < -0.39 is 0 Å². The molecule has 0 atom stereocenters. The van der Waals surface area contributed by atoms with Crippen LogP contribution in [0.4, 0.5) is 0 Å². The summed E-state index contributed by atoms with van der Waals surface area (Å²) in [5.74, 6) is -0.341. The van der Waals surface area contributed by atoms with Gasteiger partial charge in [0, 0.05) is 13.2 Å². The third-order valence-electron chi connectivity index (χ3n) is 3.16. The fourth-order valence-corrected chi connectivity index (χ4v) is 2.18. The quantitative estimate of drug-likeness (QED) is 0.791. The summed E-state index contributed by atoms with van der Waals surface area (Å²) in [5, 5.41) is 11.7. The van der Waals surface area contributed by atoms with Crippen molar-refractivity contribution in [1.29, 1.82) is 0 Å². The van der Waals surface area contributed by atoms with Crippen LogP contribution in [0.1, 0.15) is 23.5 Å². The fraction of sp³-hybridized carbons (Fsp3) is 0.235. The summed E-state index contributed by atoms with van der Waals surface area (Å²) in [6.45, 7) is 0.577. The largest absolute Gasteiger partial charge is 0.396 e. The van der Waals surface area contributed by atoms with Crippen molar-refractivity contribution in [2.24, 2.45) is 0 Å². The number of nitrogens with one attached hydrogen (secondary N) is 1. The lowest BCUT2D eigenvalue weighted by molar-refractivity contribution is -0.121. The maximum atomic E-state index is 12.4. The molecule has 20 heavy (non-hydrogen) atoms. The lowest BCUT2D eigenvalue weighted by Gasteiger charge is -2.17. The van der Waals surface area contributed by atoms with Crippen LogP contribution in [-0.4, -0.2) is 24.2 Å². The van der Waals surface area contributed by atoms with Crippen molar-refractivity contribution in [2.45, 2.75) is 12.3 Å². The Bertz CT molecular complexity index is 486. The van der Waals surface area contributed by atoms with Gasteiger partial charge in [-0.1, -0.05) is 60.7 Å². The van der Waals surface area contributed by atoms with Gasteiger partial charge in [-0.15, -0.1) is 0 Å². The average Bonchev–Trinajstić information content (AvgIpc) is 2.50. The summed E-state index contributed by atoms with van der Waals surface area (Å²) in [7, 11) is 0. The summed E-state index contributed by atoms with van der Waals surface area (Å²) in [4.78, 5) is 12.4. The highest BCUT2D eigenvalue weighted by molar-refractivity contribution is 5.87. The van der Waals surface area contributed by atoms with Crippen LogP contribution < -0.4 is 5.32 Å². The lowest BCUT2D eigenvalue weighted by Crippen LogP contribution is -2.31. The normalized spacial score (nSPS) is 10.5. The minimum absolute atomic E-state index is 0.0316. The molecule has 2 N–H and O–H groups in total. The molecule has 2 aromatic carbocycles. The molecular weight excluding hydrogens is 250 g/mol. The highest BCUT2D eigenvalue weighted by atomic mass is 16.3. The summed E-state index contributed by atoms with van der Waals surface area (Å²) < 4.78 is 0. The number of rotatable bonds is 6. The lowest BCUT2D eigenvalue weighted by atomic mass is 9.90. The molecule has 0 aliphatic rings. The number of carbonyl (C=O) groups excluding carboxylic acids is 1. The first-order valence-electron chi connectivity index (χ1n) is 6.81. The van der Waals surface area contributed by atoms with Crippen molar-refractivity contribution in [1.82, 2.24) is 5.32 Å². The van der Waals surface area contributed by atoms with Crippen LogP contribution in [0.3, 0.4) is 0 Å². The Kier molecular flexibility index (Phi) is 5.33. The van der Waals surface area contributed by atoms with E-state index in [-0.39, 0.29) is 18.4 Å². The van der Waals surface area contributed by atoms with Gasteiger partial charge in [-0.25, -0.2) is 0 Å². The zero-order chi connectivity index (χ0) is 14.2. The highest BCUT2D eigenvalue weighted by Crippen LogP contribution is 2.24. The van der Waals surface area contributed by atoms with E-state index in [1.165, 1.54) is 0 Å². The van der Waals surface area contributed by atoms with Gasteiger partial charge in [0.15, 0.2) is 0 Å². The molecule has 0 bridgehead atoms. The molecule has 0 aliphatic carbocycles. The number of aliphatic hydroxyl groups is 1. The highest BCUT2D eigenvalue weighted by Gasteiger charge is 2.21. The van der Waals surface area contributed by atoms with Gasteiger partial charge in [0.25, 0.3) is 0 Å². The van der Waals surface area contributed by atoms with Crippen molar-refractivity contribution in [3.05, 3.63) is 71.8 Å². The first kappa shape index (κ1) is 14.3. The molecule has 0 unspecified atom stereocenters. The predicted molar refractivity (Wildman–Crippen MR) is 79.4 cm³/mol. The van der Waals surface area contributed by atoms with Gasteiger partial charge < -0.3 is 10.4 Å². The van der Waals surface area contributed by atoms with E-state index >= 15 is 0 Å². The fourth-order valence-electron chi connectivity index (χ4n) is 2.18. The number of aliphatic hydroxyl groups excluding tert-OH is 1. The van der Waals surface area contributed by atoms with Crippen molar-refractivity contribution >= 4 is 5.91 Å². The molecule has 0 spiro atoms. The first-order valence-corrected chi connectivity index (χ1v) is 6.81. The van der Waals surface area contributed by atoms with E-state index in [0.29, 0.717) is 13.0 Å². The van der Waals surface area contributed by atoms with E-state index in [2.05, 4.69) is 5.32 Å². The summed E-state index contributed by atoms with van der Waals surface area (Å²) in [5.41, 5.74) is 1.94. The zero-order valence-corrected chi connectivity index (χ0v) is 11.3. The van der Waals surface area contributed by atoms with Crippen molar-refractivity contribution in [3.8, 4) is 0 Å². The van der Waals surface area contributed by atoms with Gasteiger partial charge in [-0.2, -0.15) is 0 Å². The predicted octanol–water partition coefficient (Wildman–Crippen LogP) is 2.32. The Morgan fingerprint density at radius 3 is 1.90 bits per heavy atom. The van der Waals surface area contributed by atoms with Gasteiger partial charge >= 0.3 is 0 Å². The number of hydrogen-bond donors (Lipinski definition) is 2. The summed E-state index contributed by atoms with van der Waals surface area (Å²) in [6.07, 6.45) is 0.571. The van der Waals surface area contributed by atoms with Crippen molar-refractivity contribution in [2.75, 3.05) is 13.2 Å². The van der Waals surface area contributed by atoms with Gasteiger partial charge in [0.05, 0.1) is 5.92 Å². The summed E-state index contributed by atoms with van der Waals surface area (Å²) in [6, 6.07) is 19.5. The molecule has 0 fully saturated rings. The van der Waals surface area contributed by atoms with E-state index in [1.807, 2.05) is 60.7 Å². The van der Waals surface area contributed by atoms with Gasteiger partial charge in [0.1, 0.15) is 0 Å². The molecule has 1 amide bonds. The maximum Gasteiger partial charge on any atom is 0.232 e. The van der Waals surface area contributed by atoms with Crippen LogP contribution in [-0.2, 0) is 4.79 Å². The molecule has 0 radical (unpaired) electrons. The van der Waals surface area contributed by atoms with Crippen LogP contribution in [0.2, 0.25) is 0 Å². The molecule has 3 heteroatoms. The Morgan fingerprint density at radius 1 is 0.950 bits per heavy atom. The molecular formula is C17H19NO2. The monoisotopic (exact) mass is 269 g/mol. The molecule has 2 rings (SSSR count). The van der Waals surface area contributed by atoms with E-state index in [0.717, 1.165) is 11.1 Å². The van der Waals surface area contributed by atoms with E-state index in [4.69, 9.17) is 5.11 Å². The minimum atomic E-state index is -0.309. The van der Waals surface area contributed by atoms with Crippen LogP contribution in [0, 0.1) is 0 Å². The number of carbonyl (C=O) groups is 1. The zero-order valence-electron chi connectivity index (χ0n) is 11.3. The Hall–Kier alpha value is -2.13. The van der Waals surface area contributed by atoms with Crippen LogP contribution in [0.25, 0.3) is 0 Å². The molecule has 2 aromatic rings. The maximum absolute atomic E-state index is 12.4. The number of hydrogen-bond acceptors (Lipinski definition) is 2. The molecule has 0 saturated carbocycles. The molecule has 104 valence electrons. The number of benzene rings is 2. The standard InChI is InChI=1S/C17H19NO2/c19-13-7-12-18-17(20)16(14-8-3-1-4-9-14)15-10-5-2-6-11-15/h1-6,8-11,16,19H,7,12-13H2,(H,18,20). The Balaban J connectivity index is 2.23. The Labute approximate surface area is 119 Å². The van der Waals surface area contributed by atoms with Gasteiger partial charge in [-0.05, 0) is 17.5 Å². The first-order chi connectivity index (χ1) is 9.83. The molecule has 0 aromatic heterocycles. The average molecular weight is 269 g/mol. The van der Waals surface area contributed by atoms with E-state index in [1.54, 1.807) is 0 Å². The molecule has 3 nitrogen and oxygen atoms in total. The smallest absolute Gasteiger partial charge is 0.232 e. The topological polar surface area (TPSA) is 49.3 Å².